The third-order valence-electron chi connectivity index (χ3n) is 4.94. The molecule has 1 heterocycles. The van der Waals surface area contributed by atoms with Crippen molar-refractivity contribution in [2.24, 2.45) is 10.2 Å². The highest BCUT2D eigenvalue weighted by Crippen LogP contribution is 2.27. The van der Waals surface area contributed by atoms with E-state index in [0.717, 1.165) is 15.3 Å². The molecule has 12 heteroatoms. The second-order valence-corrected chi connectivity index (χ2v) is 9.08. The Balaban J connectivity index is 2.41. The molecule has 2 rings (SSSR count). The molecule has 0 aliphatic rings. The fourth-order valence-corrected chi connectivity index (χ4v) is 4.52. The molecule has 2 aromatic rings. The Morgan fingerprint density at radius 3 is 2.24 bits per heavy atom. The Labute approximate surface area is 191 Å². The lowest BCUT2D eigenvalue weighted by atomic mass is 10.1. The van der Waals surface area contributed by atoms with E-state index in [0.29, 0.717) is 6.42 Å². The lowest BCUT2D eigenvalue weighted by Gasteiger charge is -2.20. The number of hydrogen-bond donors (Lipinski definition) is 3. The minimum atomic E-state index is -3.93. The Bertz CT molecular complexity index is 1190. The number of unbranched alkanes of at least 4 members (excludes halogenated alkanes) is 1. The molecule has 0 bridgehead atoms. The molecule has 0 unspecified atom stereocenters. The zero-order chi connectivity index (χ0) is 24.6. The number of pyridine rings is 1. The van der Waals surface area contributed by atoms with Gasteiger partial charge in [-0.2, -0.15) is 14.7 Å². The predicted molar refractivity (Wildman–Crippen MR) is 120 cm³/mol. The zero-order valence-corrected chi connectivity index (χ0v) is 19.3. The molecule has 0 fully saturated rings. The Kier molecular flexibility index (Phi) is 9.24. The number of aromatic nitrogens is 1. The predicted octanol–water partition coefficient (Wildman–Crippen LogP) is 1.92. The first-order valence-corrected chi connectivity index (χ1v) is 11.8. The summed E-state index contributed by atoms with van der Waals surface area (Å²) in [6, 6.07) is 7.27. The largest absolute Gasteiger partial charge is 0.493 e. The van der Waals surface area contributed by atoms with Crippen LogP contribution in [0.1, 0.15) is 30.9 Å². The van der Waals surface area contributed by atoms with Gasteiger partial charge in [-0.3, -0.25) is 9.36 Å². The van der Waals surface area contributed by atoms with Crippen LogP contribution >= 0.6 is 0 Å². The molecule has 0 amide bonds. The van der Waals surface area contributed by atoms with Gasteiger partial charge in [0.2, 0.25) is 15.9 Å². The SMILES string of the molecule is CCCCn1c(O)c(C#N)c(C)c(N=Nc2ccc(S(=O)(=O)N(CCO)CCO)cc2)c1=O. The number of hydrogen-bond acceptors (Lipinski definition) is 9. The first kappa shape index (κ1) is 26.1. The van der Waals surface area contributed by atoms with Crippen LogP contribution in [0.3, 0.4) is 0 Å². The van der Waals surface area contributed by atoms with Crippen molar-refractivity contribution in [3.05, 3.63) is 45.7 Å². The standard InChI is InChI=1S/C21H27N5O6S/c1-3-4-9-26-20(29)18(14-22)15(2)19(21(26)30)24-23-16-5-7-17(8-6-16)33(31,32)25(10-12-27)11-13-28/h5-8,27-29H,3-4,9-13H2,1-2H3. The number of aliphatic hydroxyl groups excluding tert-OH is 2. The second-order valence-electron chi connectivity index (χ2n) is 7.14. The molecule has 0 saturated carbocycles. The van der Waals surface area contributed by atoms with Crippen molar-refractivity contribution >= 4 is 21.4 Å². The monoisotopic (exact) mass is 477 g/mol. The van der Waals surface area contributed by atoms with E-state index in [1.54, 1.807) is 0 Å². The van der Waals surface area contributed by atoms with Crippen LogP contribution in [0.15, 0.2) is 44.2 Å². The number of nitrogens with zero attached hydrogens (tertiary/aromatic N) is 5. The first-order chi connectivity index (χ1) is 15.7. The average molecular weight is 478 g/mol. The Morgan fingerprint density at radius 1 is 1.12 bits per heavy atom. The highest BCUT2D eigenvalue weighted by atomic mass is 32.2. The molecular weight excluding hydrogens is 450 g/mol. The van der Waals surface area contributed by atoms with Gasteiger partial charge in [0.05, 0.1) is 23.8 Å². The highest BCUT2D eigenvalue weighted by Gasteiger charge is 2.23. The number of nitriles is 1. The molecule has 1 aromatic carbocycles. The summed E-state index contributed by atoms with van der Waals surface area (Å²) in [6.07, 6.45) is 1.40. The van der Waals surface area contributed by atoms with Crippen molar-refractivity contribution in [2.75, 3.05) is 26.3 Å². The molecule has 0 aliphatic heterocycles. The van der Waals surface area contributed by atoms with Gasteiger partial charge in [-0.25, -0.2) is 8.42 Å². The van der Waals surface area contributed by atoms with Crippen molar-refractivity contribution < 1.29 is 23.7 Å². The molecule has 11 nitrogen and oxygen atoms in total. The second kappa shape index (κ2) is 11.7. The molecule has 178 valence electrons. The van der Waals surface area contributed by atoms with Crippen LogP contribution in [-0.4, -0.2) is 58.9 Å². The minimum absolute atomic E-state index is 0.0575. The normalized spacial score (nSPS) is 11.9. The number of benzene rings is 1. The number of azo groups is 1. The van der Waals surface area contributed by atoms with Gasteiger partial charge < -0.3 is 15.3 Å². The summed E-state index contributed by atoms with van der Waals surface area (Å²) >= 11 is 0. The number of rotatable bonds is 11. The van der Waals surface area contributed by atoms with Crippen LogP contribution in [0, 0.1) is 18.3 Å². The summed E-state index contributed by atoms with van der Waals surface area (Å²) in [5.74, 6) is -0.405. The molecule has 3 N–H and O–H groups in total. The summed E-state index contributed by atoms with van der Waals surface area (Å²) in [5.41, 5.74) is -0.276. The van der Waals surface area contributed by atoms with Gasteiger partial charge in [0.25, 0.3) is 5.56 Å². The van der Waals surface area contributed by atoms with Crippen molar-refractivity contribution in [3.63, 3.8) is 0 Å². The van der Waals surface area contributed by atoms with Crippen molar-refractivity contribution in [2.45, 2.75) is 38.1 Å². The van der Waals surface area contributed by atoms with Crippen molar-refractivity contribution in [1.82, 2.24) is 8.87 Å². The van der Waals surface area contributed by atoms with Gasteiger partial charge in [0.1, 0.15) is 11.6 Å². The fraction of sp³-hybridized carbons (Fsp3) is 0.429. The van der Waals surface area contributed by atoms with E-state index in [-0.39, 0.29) is 47.0 Å². The summed E-state index contributed by atoms with van der Waals surface area (Å²) in [6.45, 7) is 2.55. The van der Waals surface area contributed by atoms with Crippen molar-refractivity contribution in [3.8, 4) is 11.9 Å². The topological polar surface area (TPSA) is 169 Å². The summed E-state index contributed by atoms with van der Waals surface area (Å²) in [5, 5.41) is 45.8. The van der Waals surface area contributed by atoms with Crippen LogP contribution in [0.4, 0.5) is 11.4 Å². The summed E-state index contributed by atoms with van der Waals surface area (Å²) in [4.78, 5) is 12.7. The third kappa shape index (κ3) is 5.82. The molecule has 1 aromatic heterocycles. The molecule has 0 atom stereocenters. The lowest BCUT2D eigenvalue weighted by Crippen LogP contribution is -2.35. The minimum Gasteiger partial charge on any atom is -0.493 e. The molecule has 0 aliphatic carbocycles. The number of aromatic hydroxyl groups is 1. The van der Waals surface area contributed by atoms with E-state index in [2.05, 4.69) is 10.2 Å². The van der Waals surface area contributed by atoms with Gasteiger partial charge in [-0.05, 0) is 37.6 Å². The highest BCUT2D eigenvalue weighted by molar-refractivity contribution is 7.89. The van der Waals surface area contributed by atoms with Crippen LogP contribution in [0.25, 0.3) is 0 Å². The molecule has 33 heavy (non-hydrogen) atoms. The van der Waals surface area contributed by atoms with E-state index in [4.69, 9.17) is 10.2 Å². The quantitative estimate of drug-likeness (QED) is 0.415. The summed E-state index contributed by atoms with van der Waals surface area (Å²) < 4.78 is 27.4. The van der Waals surface area contributed by atoms with Gasteiger partial charge in [0, 0.05) is 25.2 Å². The molecular formula is C21H27N5O6S. The van der Waals surface area contributed by atoms with Crippen LogP contribution in [-0.2, 0) is 16.6 Å². The van der Waals surface area contributed by atoms with Crippen LogP contribution in [0.2, 0.25) is 0 Å². The molecule has 0 saturated heterocycles. The third-order valence-corrected chi connectivity index (χ3v) is 6.86. The number of sulfonamides is 1. The maximum atomic E-state index is 12.8. The lowest BCUT2D eigenvalue weighted by molar-refractivity contribution is 0.217. The Hall–Kier alpha value is -3.11. The van der Waals surface area contributed by atoms with Crippen molar-refractivity contribution in [1.29, 1.82) is 5.26 Å². The fourth-order valence-electron chi connectivity index (χ4n) is 3.10. The zero-order valence-electron chi connectivity index (χ0n) is 18.5. The molecule has 0 spiro atoms. The Morgan fingerprint density at radius 2 is 1.73 bits per heavy atom. The van der Waals surface area contributed by atoms with E-state index in [9.17, 15) is 23.6 Å². The van der Waals surface area contributed by atoms with E-state index in [1.807, 2.05) is 13.0 Å². The van der Waals surface area contributed by atoms with Crippen LogP contribution in [0.5, 0.6) is 5.88 Å². The maximum Gasteiger partial charge on any atom is 0.281 e. The van der Waals surface area contributed by atoms with Crippen LogP contribution < -0.4 is 5.56 Å². The van der Waals surface area contributed by atoms with Gasteiger partial charge in [0.15, 0.2) is 5.69 Å². The van der Waals surface area contributed by atoms with E-state index < -0.39 is 34.7 Å². The average Bonchev–Trinajstić information content (AvgIpc) is 2.79. The van der Waals surface area contributed by atoms with E-state index in [1.165, 1.54) is 31.2 Å². The summed E-state index contributed by atoms with van der Waals surface area (Å²) in [7, 11) is -3.93. The molecule has 0 radical (unpaired) electrons. The van der Waals surface area contributed by atoms with Gasteiger partial charge in [-0.15, -0.1) is 5.11 Å². The van der Waals surface area contributed by atoms with E-state index >= 15 is 0 Å². The first-order valence-electron chi connectivity index (χ1n) is 10.3. The maximum absolute atomic E-state index is 12.8. The number of aliphatic hydroxyl groups is 2. The van der Waals surface area contributed by atoms with Gasteiger partial charge in [-0.1, -0.05) is 13.3 Å². The smallest absolute Gasteiger partial charge is 0.281 e. The van der Waals surface area contributed by atoms with Gasteiger partial charge >= 0.3 is 0 Å².